The molecule has 2 bridgehead atoms. The summed E-state index contributed by atoms with van der Waals surface area (Å²) in [7, 11) is 0. The van der Waals surface area contributed by atoms with E-state index in [1.54, 1.807) is 12.0 Å². The van der Waals surface area contributed by atoms with Crippen LogP contribution in [0.2, 0.25) is 0 Å². The van der Waals surface area contributed by atoms with E-state index in [0.29, 0.717) is 29.7 Å². The van der Waals surface area contributed by atoms with Crippen molar-refractivity contribution in [2.75, 3.05) is 51.3 Å². The molecule has 3 aliphatic carbocycles. The highest BCUT2D eigenvalue weighted by molar-refractivity contribution is 5.83. The molecule has 246 valence electrons. The van der Waals surface area contributed by atoms with Crippen LogP contribution in [0.3, 0.4) is 0 Å². The lowest BCUT2D eigenvalue weighted by Gasteiger charge is -2.62. The Bertz CT molecular complexity index is 1300. The number of nitrogens with one attached hydrogen (secondary N) is 2. The van der Waals surface area contributed by atoms with Gasteiger partial charge in [-0.2, -0.15) is 5.06 Å². The summed E-state index contributed by atoms with van der Waals surface area (Å²) < 4.78 is 5.44. The first-order valence-electron chi connectivity index (χ1n) is 16.9. The Hall–Kier alpha value is -2.53. The summed E-state index contributed by atoms with van der Waals surface area (Å²) in [6, 6.07) is 16.2. The Morgan fingerprint density at radius 2 is 1.84 bits per heavy atom. The molecule has 0 spiro atoms. The van der Waals surface area contributed by atoms with Crippen molar-refractivity contribution in [2.45, 2.75) is 71.4 Å². The number of morpholine rings is 1. The first-order valence-corrected chi connectivity index (χ1v) is 16.9. The Balaban J connectivity index is 1.12. The van der Waals surface area contributed by atoms with Gasteiger partial charge in [0.25, 0.3) is 0 Å². The lowest BCUT2D eigenvalue weighted by Crippen LogP contribution is -2.62. The molecule has 2 aliphatic heterocycles. The zero-order chi connectivity index (χ0) is 31.7. The number of hydroxylamine groups is 2. The monoisotopic (exact) mass is 620 g/mol. The number of fused-ring (bicyclic) bond motifs is 2. The fraction of sp³-hybridized carbons (Fsp3) is 0.639. The number of hydrogen-bond donors (Lipinski definition) is 4. The maximum atomic E-state index is 14.0. The van der Waals surface area contributed by atoms with Crippen LogP contribution in [0.5, 0.6) is 0 Å². The Morgan fingerprint density at radius 3 is 2.51 bits per heavy atom. The van der Waals surface area contributed by atoms with Crippen LogP contribution in [0, 0.1) is 29.1 Å². The van der Waals surface area contributed by atoms with Crippen molar-refractivity contribution in [1.29, 1.82) is 0 Å². The summed E-state index contributed by atoms with van der Waals surface area (Å²) in [6.45, 7) is 14.3. The number of amides is 1. The molecule has 5 fully saturated rings. The molecule has 8 atom stereocenters. The zero-order valence-corrected chi connectivity index (χ0v) is 27.3. The fourth-order valence-corrected chi connectivity index (χ4v) is 8.48. The number of aliphatic hydroxyl groups excluding tert-OH is 2. The summed E-state index contributed by atoms with van der Waals surface area (Å²) >= 11 is 0. The van der Waals surface area contributed by atoms with Crippen LogP contribution in [0.15, 0.2) is 48.5 Å². The molecule has 2 heterocycles. The van der Waals surface area contributed by atoms with E-state index >= 15 is 0 Å². The summed E-state index contributed by atoms with van der Waals surface area (Å²) in [5.41, 5.74) is 4.61. The van der Waals surface area contributed by atoms with Gasteiger partial charge in [-0.25, -0.2) is 0 Å². The highest BCUT2D eigenvalue weighted by Gasteiger charge is 2.57. The number of nitrogens with zero attached hydrogens (tertiary/aromatic N) is 2. The Labute approximate surface area is 268 Å². The van der Waals surface area contributed by atoms with E-state index in [0.717, 1.165) is 68.2 Å². The summed E-state index contributed by atoms with van der Waals surface area (Å²) in [4.78, 5) is 22.6. The standard InChI is InChI=1S/C36H52N4O5/c1-23-30-19-28(36(30,3)4)20-31(23)38-35(43)34-33(24(2)42)32(22-41)45-40(34)21-25-6-5-7-27(18-25)26-8-10-29(11-9-26)37-12-13-39-14-16-44-17-15-39/h5-11,18,23-24,28,30-34,37,41-42H,12-17,19-22H2,1-4H3,(H,38,43)/t23-,24-,28?,30+,31?,32-,33+,34-/m0/s1. The third kappa shape index (κ3) is 6.80. The maximum absolute atomic E-state index is 14.0. The molecular formula is C36H52N4O5. The fourth-order valence-electron chi connectivity index (χ4n) is 8.48. The van der Waals surface area contributed by atoms with Gasteiger partial charge < -0.3 is 25.6 Å². The second-order valence-corrected chi connectivity index (χ2v) is 14.4. The smallest absolute Gasteiger partial charge is 0.240 e. The minimum atomic E-state index is -0.814. The summed E-state index contributed by atoms with van der Waals surface area (Å²) in [5.74, 6) is 0.969. The van der Waals surface area contributed by atoms with E-state index in [1.807, 2.05) is 12.1 Å². The number of anilines is 1. The van der Waals surface area contributed by atoms with E-state index < -0.39 is 24.2 Å². The van der Waals surface area contributed by atoms with Gasteiger partial charge >= 0.3 is 0 Å². The van der Waals surface area contributed by atoms with E-state index in [2.05, 4.69) is 72.7 Å². The Morgan fingerprint density at radius 1 is 1.09 bits per heavy atom. The molecule has 9 heteroatoms. The number of benzene rings is 2. The second kappa shape index (κ2) is 13.7. The predicted octanol–water partition coefficient (Wildman–Crippen LogP) is 3.76. The quantitative estimate of drug-likeness (QED) is 0.301. The predicted molar refractivity (Wildman–Crippen MR) is 175 cm³/mol. The molecule has 2 saturated heterocycles. The van der Waals surface area contributed by atoms with Gasteiger partial charge in [0.05, 0.1) is 32.5 Å². The van der Waals surface area contributed by atoms with Gasteiger partial charge in [-0.15, -0.1) is 0 Å². The van der Waals surface area contributed by atoms with E-state index in [9.17, 15) is 15.0 Å². The van der Waals surface area contributed by atoms with Crippen LogP contribution < -0.4 is 10.6 Å². The average molecular weight is 621 g/mol. The molecule has 2 aromatic rings. The molecule has 4 N–H and O–H groups in total. The average Bonchev–Trinajstić information content (AvgIpc) is 3.41. The van der Waals surface area contributed by atoms with E-state index in [-0.39, 0.29) is 18.6 Å². The lowest BCUT2D eigenvalue weighted by atomic mass is 9.45. The normalized spacial score (nSPS) is 32.1. The van der Waals surface area contributed by atoms with Crippen LogP contribution >= 0.6 is 0 Å². The third-order valence-electron chi connectivity index (χ3n) is 11.4. The SMILES string of the molecule is C[C@H](O)[C@@H]1[C@H](CO)ON(Cc2cccc(-c3ccc(NCCN4CCOCC4)cc3)c2)[C@@H]1C(=O)NC1CC2C[C@H]([C@@H]1C)C2(C)C. The van der Waals surface area contributed by atoms with Crippen LogP contribution in [0.4, 0.5) is 5.69 Å². The van der Waals surface area contributed by atoms with Gasteiger partial charge in [0, 0.05) is 43.8 Å². The van der Waals surface area contributed by atoms with Crippen molar-refractivity contribution in [2.24, 2.45) is 29.1 Å². The summed E-state index contributed by atoms with van der Waals surface area (Å²) in [6.07, 6.45) is 0.763. The van der Waals surface area contributed by atoms with Crippen molar-refractivity contribution in [3.05, 3.63) is 54.1 Å². The molecule has 7 rings (SSSR count). The largest absolute Gasteiger partial charge is 0.394 e. The third-order valence-corrected chi connectivity index (χ3v) is 11.4. The molecular weight excluding hydrogens is 568 g/mol. The molecule has 1 amide bonds. The minimum absolute atomic E-state index is 0.110. The van der Waals surface area contributed by atoms with Crippen molar-refractivity contribution in [1.82, 2.24) is 15.3 Å². The number of ether oxygens (including phenoxy) is 1. The van der Waals surface area contributed by atoms with Crippen molar-refractivity contribution >= 4 is 11.6 Å². The van der Waals surface area contributed by atoms with Gasteiger partial charge in [-0.3, -0.25) is 14.5 Å². The number of hydrogen-bond acceptors (Lipinski definition) is 8. The van der Waals surface area contributed by atoms with Crippen molar-refractivity contribution < 1.29 is 24.6 Å². The van der Waals surface area contributed by atoms with Crippen LogP contribution in [0.1, 0.15) is 46.1 Å². The van der Waals surface area contributed by atoms with Gasteiger partial charge in [0.15, 0.2) is 0 Å². The molecule has 2 unspecified atom stereocenters. The number of carbonyl (C=O) groups excluding carboxylic acids is 1. The maximum Gasteiger partial charge on any atom is 0.240 e. The molecule has 5 aliphatic rings. The van der Waals surface area contributed by atoms with Crippen molar-refractivity contribution in [3.8, 4) is 11.1 Å². The first-order chi connectivity index (χ1) is 21.7. The van der Waals surface area contributed by atoms with Crippen LogP contribution in [-0.2, 0) is 20.9 Å². The van der Waals surface area contributed by atoms with Gasteiger partial charge in [0.2, 0.25) is 5.91 Å². The first kappa shape index (κ1) is 32.4. The van der Waals surface area contributed by atoms with E-state index in [1.165, 1.54) is 6.42 Å². The lowest BCUT2D eigenvalue weighted by molar-refractivity contribution is -0.183. The van der Waals surface area contributed by atoms with Gasteiger partial charge in [0.1, 0.15) is 12.1 Å². The van der Waals surface area contributed by atoms with Gasteiger partial charge in [-0.05, 0) is 77.8 Å². The minimum Gasteiger partial charge on any atom is -0.394 e. The molecule has 0 radical (unpaired) electrons. The molecule has 3 saturated carbocycles. The second-order valence-electron chi connectivity index (χ2n) is 14.4. The number of carbonyl (C=O) groups is 1. The number of rotatable bonds is 11. The number of aliphatic hydroxyl groups is 2. The molecule has 45 heavy (non-hydrogen) atoms. The highest BCUT2D eigenvalue weighted by Crippen LogP contribution is 2.61. The Kier molecular flexibility index (Phi) is 9.85. The van der Waals surface area contributed by atoms with E-state index in [4.69, 9.17) is 9.57 Å². The molecule has 2 aromatic carbocycles. The van der Waals surface area contributed by atoms with Crippen LogP contribution in [-0.4, -0.2) is 96.4 Å². The molecule has 0 aromatic heterocycles. The van der Waals surface area contributed by atoms with Crippen molar-refractivity contribution in [3.63, 3.8) is 0 Å². The highest BCUT2D eigenvalue weighted by atomic mass is 16.7. The molecule has 9 nitrogen and oxygen atoms in total. The topological polar surface area (TPSA) is 107 Å². The van der Waals surface area contributed by atoms with Gasteiger partial charge in [-0.1, -0.05) is 51.1 Å². The van der Waals surface area contributed by atoms with Crippen LogP contribution in [0.25, 0.3) is 11.1 Å². The zero-order valence-electron chi connectivity index (χ0n) is 27.3. The summed E-state index contributed by atoms with van der Waals surface area (Å²) in [5, 5.41) is 29.5.